The summed E-state index contributed by atoms with van der Waals surface area (Å²) in [6, 6.07) is 4.17. The number of ether oxygens (including phenoxy) is 1. The van der Waals surface area contributed by atoms with E-state index < -0.39 is 6.10 Å². The Kier molecular flexibility index (Phi) is 5.09. The summed E-state index contributed by atoms with van der Waals surface area (Å²) in [6.45, 7) is 2.63. The van der Waals surface area contributed by atoms with Crippen LogP contribution in [0, 0.1) is 18.7 Å². The molecule has 0 heterocycles. The number of aliphatic hydroxyl groups is 1. The number of halogens is 1. The monoisotopic (exact) mass is 281 g/mol. The van der Waals surface area contributed by atoms with Gasteiger partial charge in [-0.2, -0.15) is 0 Å². The molecule has 0 spiro atoms. The van der Waals surface area contributed by atoms with Gasteiger partial charge in [-0.05, 0) is 49.4 Å². The average Bonchev–Trinajstić information content (AvgIpc) is 3.23. The molecule has 0 aliphatic heterocycles. The Labute approximate surface area is 117 Å². The van der Waals surface area contributed by atoms with Crippen LogP contribution in [0.15, 0.2) is 18.2 Å². The molecule has 1 atom stereocenters. The van der Waals surface area contributed by atoms with Crippen molar-refractivity contribution < 1.29 is 19.0 Å². The molecule has 0 radical (unpaired) electrons. The van der Waals surface area contributed by atoms with Gasteiger partial charge in [0.15, 0.2) is 0 Å². The van der Waals surface area contributed by atoms with Gasteiger partial charge in [0.1, 0.15) is 5.82 Å². The lowest BCUT2D eigenvalue weighted by Crippen LogP contribution is -2.34. The zero-order valence-corrected chi connectivity index (χ0v) is 11.6. The largest absolute Gasteiger partial charge is 0.389 e. The molecule has 1 amide bonds. The number of aryl methyl sites for hydroxylation is 1. The molecule has 1 saturated carbocycles. The minimum atomic E-state index is -0.723. The predicted octanol–water partition coefficient (Wildman–Crippen LogP) is 1.65. The van der Waals surface area contributed by atoms with E-state index >= 15 is 0 Å². The molecule has 1 unspecified atom stereocenters. The zero-order chi connectivity index (χ0) is 14.5. The van der Waals surface area contributed by atoms with Crippen molar-refractivity contribution in [2.45, 2.75) is 25.9 Å². The average molecular weight is 281 g/mol. The van der Waals surface area contributed by atoms with Gasteiger partial charge in [-0.15, -0.1) is 0 Å². The fourth-order valence-electron chi connectivity index (χ4n) is 1.81. The summed E-state index contributed by atoms with van der Waals surface area (Å²) in [5, 5.41) is 12.3. The van der Waals surface area contributed by atoms with E-state index in [4.69, 9.17) is 4.74 Å². The summed E-state index contributed by atoms with van der Waals surface area (Å²) in [7, 11) is 0. The Morgan fingerprint density at radius 2 is 2.30 bits per heavy atom. The highest BCUT2D eigenvalue weighted by Gasteiger charge is 2.21. The molecular weight excluding hydrogens is 261 g/mol. The lowest BCUT2D eigenvalue weighted by atomic mass is 10.1. The van der Waals surface area contributed by atoms with Crippen molar-refractivity contribution in [3.63, 3.8) is 0 Å². The first-order valence-corrected chi connectivity index (χ1v) is 6.86. The van der Waals surface area contributed by atoms with Gasteiger partial charge in [0.2, 0.25) is 0 Å². The topological polar surface area (TPSA) is 58.6 Å². The quantitative estimate of drug-likeness (QED) is 0.799. The van der Waals surface area contributed by atoms with Gasteiger partial charge in [-0.3, -0.25) is 4.79 Å². The van der Waals surface area contributed by atoms with Crippen molar-refractivity contribution in [1.82, 2.24) is 5.32 Å². The Hall–Kier alpha value is -1.46. The van der Waals surface area contributed by atoms with E-state index in [0.29, 0.717) is 23.7 Å². The highest BCUT2D eigenvalue weighted by molar-refractivity contribution is 5.94. The summed E-state index contributed by atoms with van der Waals surface area (Å²) < 4.78 is 18.4. The fraction of sp³-hybridized carbons (Fsp3) is 0.533. The Bertz CT molecular complexity index is 474. The number of benzene rings is 1. The van der Waals surface area contributed by atoms with Crippen molar-refractivity contribution in [2.24, 2.45) is 5.92 Å². The number of rotatable bonds is 7. The summed E-state index contributed by atoms with van der Waals surface area (Å²) in [5.74, 6) is -0.0108. The van der Waals surface area contributed by atoms with Crippen molar-refractivity contribution in [3.05, 3.63) is 35.1 Å². The van der Waals surface area contributed by atoms with Crippen molar-refractivity contribution in [1.29, 1.82) is 0 Å². The first-order chi connectivity index (χ1) is 9.56. The molecule has 110 valence electrons. The molecule has 1 aliphatic rings. The molecule has 0 bridgehead atoms. The lowest BCUT2D eigenvalue weighted by molar-refractivity contribution is 0.0320. The van der Waals surface area contributed by atoms with E-state index in [1.165, 1.54) is 31.0 Å². The number of carbonyl (C=O) groups excluding carboxylic acids is 1. The molecule has 0 aromatic heterocycles. The minimum absolute atomic E-state index is 0.125. The third-order valence-corrected chi connectivity index (χ3v) is 3.28. The summed E-state index contributed by atoms with van der Waals surface area (Å²) in [5.41, 5.74) is 0.806. The maximum atomic E-state index is 13.1. The molecule has 20 heavy (non-hydrogen) atoms. The third-order valence-electron chi connectivity index (χ3n) is 3.28. The number of hydrogen-bond acceptors (Lipinski definition) is 3. The summed E-state index contributed by atoms with van der Waals surface area (Å²) in [4.78, 5) is 11.8. The molecule has 2 N–H and O–H groups in total. The zero-order valence-electron chi connectivity index (χ0n) is 11.6. The highest BCUT2D eigenvalue weighted by atomic mass is 19.1. The number of aliphatic hydroxyl groups excluding tert-OH is 1. The Balaban J connectivity index is 1.71. The third kappa shape index (κ3) is 4.58. The first kappa shape index (κ1) is 14.9. The van der Waals surface area contributed by atoms with E-state index in [1.807, 2.05) is 0 Å². The predicted molar refractivity (Wildman–Crippen MR) is 73.0 cm³/mol. The van der Waals surface area contributed by atoms with Gasteiger partial charge >= 0.3 is 0 Å². The second-order valence-corrected chi connectivity index (χ2v) is 5.31. The number of amides is 1. The van der Waals surface area contributed by atoms with Gasteiger partial charge < -0.3 is 15.2 Å². The normalized spacial score (nSPS) is 15.9. The standard InChI is InChI=1S/C15H20FNO3/c1-10-6-12(4-5-14(10)16)15(19)17-7-13(18)9-20-8-11-2-3-11/h4-6,11,13,18H,2-3,7-9H2,1H3,(H,17,19). The van der Waals surface area contributed by atoms with Gasteiger partial charge in [0, 0.05) is 18.7 Å². The van der Waals surface area contributed by atoms with E-state index in [0.717, 1.165) is 0 Å². The van der Waals surface area contributed by atoms with Crippen LogP contribution in [-0.2, 0) is 4.74 Å². The number of nitrogens with one attached hydrogen (secondary N) is 1. The maximum Gasteiger partial charge on any atom is 0.251 e. The SMILES string of the molecule is Cc1cc(C(=O)NCC(O)COCC2CC2)ccc1F. The van der Waals surface area contributed by atoms with Crippen molar-refractivity contribution in [2.75, 3.05) is 19.8 Å². The molecule has 1 fully saturated rings. The molecule has 1 aliphatic carbocycles. The van der Waals surface area contributed by atoms with E-state index in [9.17, 15) is 14.3 Å². The molecule has 2 rings (SSSR count). The van der Waals surface area contributed by atoms with Crippen LogP contribution in [0.2, 0.25) is 0 Å². The first-order valence-electron chi connectivity index (χ1n) is 6.86. The molecule has 1 aromatic carbocycles. The second-order valence-electron chi connectivity index (χ2n) is 5.31. The van der Waals surface area contributed by atoms with E-state index in [1.54, 1.807) is 6.92 Å². The minimum Gasteiger partial charge on any atom is -0.389 e. The van der Waals surface area contributed by atoms with Crippen molar-refractivity contribution in [3.8, 4) is 0 Å². The van der Waals surface area contributed by atoms with Crippen LogP contribution in [0.1, 0.15) is 28.8 Å². The molecule has 1 aromatic rings. The number of hydrogen-bond donors (Lipinski definition) is 2. The van der Waals surface area contributed by atoms with Gasteiger partial charge in [0.05, 0.1) is 12.7 Å². The van der Waals surface area contributed by atoms with Crippen LogP contribution in [0.4, 0.5) is 4.39 Å². The van der Waals surface area contributed by atoms with Crippen LogP contribution < -0.4 is 5.32 Å². The fourth-order valence-corrected chi connectivity index (χ4v) is 1.81. The van der Waals surface area contributed by atoms with Crippen LogP contribution in [0.5, 0.6) is 0 Å². The molecule has 4 nitrogen and oxygen atoms in total. The van der Waals surface area contributed by atoms with Gasteiger partial charge in [-0.25, -0.2) is 4.39 Å². The lowest BCUT2D eigenvalue weighted by Gasteiger charge is -2.12. The summed E-state index contributed by atoms with van der Waals surface area (Å²) in [6.07, 6.45) is 1.69. The maximum absolute atomic E-state index is 13.1. The van der Waals surface area contributed by atoms with Crippen LogP contribution in [0.3, 0.4) is 0 Å². The van der Waals surface area contributed by atoms with Crippen LogP contribution in [-0.4, -0.2) is 36.9 Å². The Morgan fingerprint density at radius 3 is 2.95 bits per heavy atom. The van der Waals surface area contributed by atoms with Crippen LogP contribution >= 0.6 is 0 Å². The Morgan fingerprint density at radius 1 is 1.55 bits per heavy atom. The molecule has 0 saturated heterocycles. The molecular formula is C15H20FNO3. The molecule has 5 heteroatoms. The van der Waals surface area contributed by atoms with E-state index in [2.05, 4.69) is 5.32 Å². The van der Waals surface area contributed by atoms with Crippen molar-refractivity contribution >= 4 is 5.91 Å². The summed E-state index contributed by atoms with van der Waals surface area (Å²) >= 11 is 0. The van der Waals surface area contributed by atoms with Gasteiger partial charge in [-0.1, -0.05) is 0 Å². The van der Waals surface area contributed by atoms with Gasteiger partial charge in [0.25, 0.3) is 5.91 Å². The highest BCUT2D eigenvalue weighted by Crippen LogP contribution is 2.28. The number of carbonyl (C=O) groups is 1. The second kappa shape index (κ2) is 6.81. The smallest absolute Gasteiger partial charge is 0.251 e. The van der Waals surface area contributed by atoms with Crippen LogP contribution in [0.25, 0.3) is 0 Å². The van der Waals surface area contributed by atoms with E-state index in [-0.39, 0.29) is 24.9 Å².